The summed E-state index contributed by atoms with van der Waals surface area (Å²) in [6.45, 7) is 2.44. The number of halogens is 1. The molecular weight excluding hydrogens is 300 g/mol. The Kier molecular flexibility index (Phi) is 5.67. The molecule has 0 heterocycles. The van der Waals surface area contributed by atoms with Gasteiger partial charge in [-0.2, -0.15) is 0 Å². The molecule has 22 heavy (non-hydrogen) atoms. The van der Waals surface area contributed by atoms with Gasteiger partial charge in [0.25, 0.3) is 0 Å². The summed E-state index contributed by atoms with van der Waals surface area (Å²) in [5.41, 5.74) is 2.58. The molecule has 2 rings (SSSR count). The van der Waals surface area contributed by atoms with Crippen molar-refractivity contribution >= 4 is 28.9 Å². The predicted molar refractivity (Wildman–Crippen MR) is 90.9 cm³/mol. The standard InChI is InChI=1S/C17H19ClN2O2/c1-12-15(18)4-3-5-16(12)20-17(21)10-11-19-13-6-8-14(22-2)9-7-13/h3-9,19H,10-11H2,1-2H3,(H,20,21). The summed E-state index contributed by atoms with van der Waals surface area (Å²) in [5, 5.41) is 6.72. The Balaban J connectivity index is 1.81. The molecule has 2 aromatic carbocycles. The second-order valence-corrected chi connectivity index (χ2v) is 5.27. The lowest BCUT2D eigenvalue weighted by atomic mass is 10.2. The summed E-state index contributed by atoms with van der Waals surface area (Å²) in [6.07, 6.45) is 0.373. The van der Waals surface area contributed by atoms with Gasteiger partial charge in [0.2, 0.25) is 5.91 Å². The van der Waals surface area contributed by atoms with Crippen LogP contribution in [-0.4, -0.2) is 19.6 Å². The summed E-state index contributed by atoms with van der Waals surface area (Å²) < 4.78 is 5.10. The van der Waals surface area contributed by atoms with E-state index < -0.39 is 0 Å². The van der Waals surface area contributed by atoms with Gasteiger partial charge < -0.3 is 15.4 Å². The number of amides is 1. The maximum atomic E-state index is 12.0. The summed E-state index contributed by atoms with van der Waals surface area (Å²) >= 11 is 6.03. The summed E-state index contributed by atoms with van der Waals surface area (Å²) in [4.78, 5) is 12.0. The summed E-state index contributed by atoms with van der Waals surface area (Å²) in [7, 11) is 1.63. The van der Waals surface area contributed by atoms with Crippen LogP contribution in [0.15, 0.2) is 42.5 Å². The molecule has 0 fully saturated rings. The number of carbonyl (C=O) groups excluding carboxylic acids is 1. The van der Waals surface area contributed by atoms with E-state index in [1.807, 2.05) is 43.3 Å². The van der Waals surface area contributed by atoms with Crippen LogP contribution in [0.5, 0.6) is 5.75 Å². The lowest BCUT2D eigenvalue weighted by molar-refractivity contribution is -0.115. The highest BCUT2D eigenvalue weighted by Gasteiger charge is 2.06. The molecule has 0 bridgehead atoms. The molecule has 0 saturated heterocycles. The molecule has 0 aliphatic rings. The molecule has 0 spiro atoms. The van der Waals surface area contributed by atoms with Crippen molar-refractivity contribution in [3.8, 4) is 5.75 Å². The normalized spacial score (nSPS) is 10.1. The van der Waals surface area contributed by atoms with Crippen LogP contribution in [0.25, 0.3) is 0 Å². The van der Waals surface area contributed by atoms with Crippen molar-refractivity contribution in [2.45, 2.75) is 13.3 Å². The molecule has 0 aliphatic carbocycles. The number of nitrogens with one attached hydrogen (secondary N) is 2. The molecule has 5 heteroatoms. The first kappa shape index (κ1) is 16.2. The van der Waals surface area contributed by atoms with Gasteiger partial charge in [-0.15, -0.1) is 0 Å². The number of anilines is 2. The highest BCUT2D eigenvalue weighted by atomic mass is 35.5. The van der Waals surface area contributed by atoms with E-state index in [1.165, 1.54) is 0 Å². The van der Waals surface area contributed by atoms with Crippen molar-refractivity contribution in [1.82, 2.24) is 0 Å². The zero-order chi connectivity index (χ0) is 15.9. The highest BCUT2D eigenvalue weighted by molar-refractivity contribution is 6.31. The number of ether oxygens (including phenoxy) is 1. The zero-order valence-electron chi connectivity index (χ0n) is 12.7. The fourth-order valence-corrected chi connectivity index (χ4v) is 2.16. The van der Waals surface area contributed by atoms with Crippen LogP contribution in [-0.2, 0) is 4.79 Å². The van der Waals surface area contributed by atoms with Crippen LogP contribution < -0.4 is 15.4 Å². The van der Waals surface area contributed by atoms with Crippen molar-refractivity contribution < 1.29 is 9.53 Å². The van der Waals surface area contributed by atoms with Crippen molar-refractivity contribution in [3.05, 3.63) is 53.1 Å². The second-order valence-electron chi connectivity index (χ2n) is 4.87. The number of carbonyl (C=O) groups is 1. The minimum atomic E-state index is -0.0496. The predicted octanol–water partition coefficient (Wildman–Crippen LogP) is 4.10. The molecule has 0 unspecified atom stereocenters. The fourth-order valence-electron chi connectivity index (χ4n) is 1.98. The molecule has 116 valence electrons. The van der Waals surface area contributed by atoms with Crippen molar-refractivity contribution in [2.75, 3.05) is 24.3 Å². The number of rotatable bonds is 6. The molecule has 0 aliphatic heterocycles. The quantitative estimate of drug-likeness (QED) is 0.843. The van der Waals surface area contributed by atoms with Gasteiger partial charge in [0.05, 0.1) is 7.11 Å². The van der Waals surface area contributed by atoms with E-state index in [2.05, 4.69) is 10.6 Å². The zero-order valence-corrected chi connectivity index (χ0v) is 13.4. The Morgan fingerprint density at radius 3 is 2.59 bits per heavy atom. The van der Waals surface area contributed by atoms with Gasteiger partial charge in [-0.1, -0.05) is 17.7 Å². The fraction of sp³-hybridized carbons (Fsp3) is 0.235. The average molecular weight is 319 g/mol. The Bertz CT molecular complexity index is 642. The van der Waals surface area contributed by atoms with Crippen molar-refractivity contribution in [3.63, 3.8) is 0 Å². The number of benzene rings is 2. The summed E-state index contributed by atoms with van der Waals surface area (Å²) in [5.74, 6) is 0.756. The van der Waals surface area contributed by atoms with Gasteiger partial charge in [0, 0.05) is 29.4 Å². The third-order valence-corrected chi connectivity index (χ3v) is 3.72. The largest absolute Gasteiger partial charge is 0.497 e. The first-order valence-corrected chi connectivity index (χ1v) is 7.41. The second kappa shape index (κ2) is 7.71. The molecule has 0 radical (unpaired) electrons. The van der Waals surface area contributed by atoms with E-state index in [1.54, 1.807) is 13.2 Å². The van der Waals surface area contributed by atoms with E-state index >= 15 is 0 Å². The van der Waals surface area contributed by atoms with Gasteiger partial charge in [-0.05, 0) is 48.9 Å². The third-order valence-electron chi connectivity index (χ3n) is 3.31. The maximum Gasteiger partial charge on any atom is 0.226 e. The van der Waals surface area contributed by atoms with E-state index in [0.717, 1.165) is 22.7 Å². The summed E-state index contributed by atoms with van der Waals surface area (Å²) in [6, 6.07) is 13.0. The van der Waals surface area contributed by atoms with Crippen LogP contribution in [0.1, 0.15) is 12.0 Å². The highest BCUT2D eigenvalue weighted by Crippen LogP contribution is 2.23. The Morgan fingerprint density at radius 2 is 1.91 bits per heavy atom. The topological polar surface area (TPSA) is 50.4 Å². The minimum Gasteiger partial charge on any atom is -0.497 e. The number of methoxy groups -OCH3 is 1. The van der Waals surface area contributed by atoms with E-state index in [9.17, 15) is 4.79 Å². The van der Waals surface area contributed by atoms with Gasteiger partial charge >= 0.3 is 0 Å². The van der Waals surface area contributed by atoms with Gasteiger partial charge in [-0.25, -0.2) is 0 Å². The van der Waals surface area contributed by atoms with E-state index in [4.69, 9.17) is 16.3 Å². The molecule has 0 saturated carbocycles. The number of hydrogen-bond acceptors (Lipinski definition) is 3. The molecule has 2 aromatic rings. The molecule has 0 atom stereocenters. The van der Waals surface area contributed by atoms with Gasteiger partial charge in [-0.3, -0.25) is 4.79 Å². The lowest BCUT2D eigenvalue weighted by Crippen LogP contribution is -2.16. The Hall–Kier alpha value is -2.20. The van der Waals surface area contributed by atoms with Crippen LogP contribution in [0.2, 0.25) is 5.02 Å². The average Bonchev–Trinajstić information content (AvgIpc) is 2.52. The monoisotopic (exact) mass is 318 g/mol. The molecule has 2 N–H and O–H groups in total. The molecule has 1 amide bonds. The van der Waals surface area contributed by atoms with Crippen molar-refractivity contribution in [1.29, 1.82) is 0 Å². The first-order chi connectivity index (χ1) is 10.6. The van der Waals surface area contributed by atoms with E-state index in [-0.39, 0.29) is 5.91 Å². The van der Waals surface area contributed by atoms with Crippen LogP contribution in [0, 0.1) is 6.92 Å². The van der Waals surface area contributed by atoms with Crippen molar-refractivity contribution in [2.24, 2.45) is 0 Å². The minimum absolute atomic E-state index is 0.0496. The first-order valence-electron chi connectivity index (χ1n) is 7.03. The van der Waals surface area contributed by atoms with Gasteiger partial charge in [0.1, 0.15) is 5.75 Å². The van der Waals surface area contributed by atoms with E-state index in [0.29, 0.717) is 18.0 Å². The Morgan fingerprint density at radius 1 is 1.18 bits per heavy atom. The third kappa shape index (κ3) is 4.40. The molecule has 4 nitrogen and oxygen atoms in total. The smallest absolute Gasteiger partial charge is 0.226 e. The SMILES string of the molecule is COc1ccc(NCCC(=O)Nc2cccc(Cl)c2C)cc1. The Labute approximate surface area is 135 Å². The van der Waals surface area contributed by atoms with Gasteiger partial charge in [0.15, 0.2) is 0 Å². The lowest BCUT2D eigenvalue weighted by Gasteiger charge is -2.10. The van der Waals surface area contributed by atoms with Crippen LogP contribution >= 0.6 is 11.6 Å². The van der Waals surface area contributed by atoms with Crippen LogP contribution in [0.3, 0.4) is 0 Å². The maximum absolute atomic E-state index is 12.0. The molecular formula is C17H19ClN2O2. The molecule has 0 aromatic heterocycles. The van der Waals surface area contributed by atoms with Crippen LogP contribution in [0.4, 0.5) is 11.4 Å². The number of hydrogen-bond donors (Lipinski definition) is 2.